The van der Waals surface area contributed by atoms with Gasteiger partial charge >= 0.3 is 5.97 Å². The molecule has 1 unspecified atom stereocenters. The van der Waals surface area contributed by atoms with E-state index in [2.05, 4.69) is 5.32 Å². The van der Waals surface area contributed by atoms with E-state index >= 15 is 0 Å². The number of hydrogen-bond donors (Lipinski definition) is 2. The van der Waals surface area contributed by atoms with Gasteiger partial charge in [-0.3, -0.25) is 4.79 Å². The first-order valence-electron chi connectivity index (χ1n) is 8.24. The fourth-order valence-corrected chi connectivity index (χ4v) is 3.44. The molecule has 136 valence electrons. The van der Waals surface area contributed by atoms with E-state index < -0.39 is 23.5 Å². The SMILES string of the molecule is O=C1CC(c2cccc(F)c2)c2c(c(C(=O)O)cn2-c2ccc(F)cc2)N1. The number of benzene rings is 2. The number of rotatable bonds is 3. The molecular formula is C20H14F2N2O3. The lowest BCUT2D eigenvalue weighted by Crippen LogP contribution is -2.25. The number of amides is 1. The average molecular weight is 368 g/mol. The zero-order chi connectivity index (χ0) is 19.1. The van der Waals surface area contributed by atoms with Crippen molar-refractivity contribution in [2.75, 3.05) is 5.32 Å². The molecule has 0 fully saturated rings. The summed E-state index contributed by atoms with van der Waals surface area (Å²) in [5.74, 6) is -2.96. The molecule has 0 saturated carbocycles. The third-order valence-electron chi connectivity index (χ3n) is 4.61. The molecule has 4 rings (SSSR count). The molecule has 1 aliphatic rings. The van der Waals surface area contributed by atoms with Crippen LogP contribution in [0.25, 0.3) is 5.69 Å². The molecule has 0 spiro atoms. The average Bonchev–Trinajstić information content (AvgIpc) is 3.01. The topological polar surface area (TPSA) is 71.3 Å². The number of nitrogens with zero attached hydrogens (tertiary/aromatic N) is 1. The first kappa shape index (κ1) is 17.0. The maximum Gasteiger partial charge on any atom is 0.339 e. The first-order chi connectivity index (χ1) is 12.9. The highest BCUT2D eigenvalue weighted by atomic mass is 19.1. The molecular weight excluding hydrogens is 354 g/mol. The van der Waals surface area contributed by atoms with Crippen LogP contribution in [0, 0.1) is 11.6 Å². The molecule has 0 radical (unpaired) electrons. The van der Waals surface area contributed by atoms with E-state index in [0.29, 0.717) is 16.9 Å². The summed E-state index contributed by atoms with van der Waals surface area (Å²) in [7, 11) is 0. The Hall–Kier alpha value is -3.48. The quantitative estimate of drug-likeness (QED) is 0.736. The molecule has 0 bridgehead atoms. The summed E-state index contributed by atoms with van der Waals surface area (Å²) in [5.41, 5.74) is 1.72. The second kappa shape index (κ2) is 6.35. The zero-order valence-electron chi connectivity index (χ0n) is 13.9. The molecule has 1 amide bonds. The molecule has 1 aliphatic heterocycles. The van der Waals surface area contributed by atoms with E-state index in [4.69, 9.17) is 0 Å². The van der Waals surface area contributed by atoms with Crippen LogP contribution in [0.15, 0.2) is 54.7 Å². The number of halogens is 2. The second-order valence-corrected chi connectivity index (χ2v) is 6.31. The predicted octanol–water partition coefficient (Wildman–Crippen LogP) is 3.93. The fourth-order valence-electron chi connectivity index (χ4n) is 3.44. The van der Waals surface area contributed by atoms with Crippen LogP contribution < -0.4 is 5.32 Å². The number of aromatic carboxylic acids is 1. The van der Waals surface area contributed by atoms with Crippen LogP contribution in [0.3, 0.4) is 0 Å². The van der Waals surface area contributed by atoms with Crippen LogP contribution in [0.2, 0.25) is 0 Å². The Balaban J connectivity index is 1.97. The Bertz CT molecular complexity index is 1060. The number of aromatic nitrogens is 1. The fraction of sp³-hybridized carbons (Fsp3) is 0.100. The van der Waals surface area contributed by atoms with E-state index in [-0.39, 0.29) is 23.6 Å². The molecule has 1 aromatic heterocycles. The van der Waals surface area contributed by atoms with Gasteiger partial charge in [0.25, 0.3) is 0 Å². The molecule has 7 heteroatoms. The summed E-state index contributed by atoms with van der Waals surface area (Å²) < 4.78 is 28.7. The Morgan fingerprint density at radius 3 is 2.52 bits per heavy atom. The lowest BCUT2D eigenvalue weighted by molar-refractivity contribution is -0.116. The van der Waals surface area contributed by atoms with Gasteiger partial charge in [0, 0.05) is 24.2 Å². The largest absolute Gasteiger partial charge is 0.478 e. The van der Waals surface area contributed by atoms with Crippen molar-refractivity contribution in [1.29, 1.82) is 0 Å². The van der Waals surface area contributed by atoms with Crippen molar-refractivity contribution in [3.05, 3.63) is 83.2 Å². The number of carbonyl (C=O) groups is 2. The second-order valence-electron chi connectivity index (χ2n) is 6.31. The van der Waals surface area contributed by atoms with Crippen molar-refractivity contribution in [3.63, 3.8) is 0 Å². The van der Waals surface area contributed by atoms with Crippen molar-refractivity contribution >= 4 is 17.6 Å². The maximum atomic E-state index is 13.8. The number of hydrogen-bond acceptors (Lipinski definition) is 2. The van der Waals surface area contributed by atoms with Crippen LogP contribution in [0.5, 0.6) is 0 Å². The number of carbonyl (C=O) groups excluding carboxylic acids is 1. The van der Waals surface area contributed by atoms with Gasteiger partial charge in [0.15, 0.2) is 0 Å². The molecule has 2 heterocycles. The van der Waals surface area contributed by atoms with E-state index in [1.165, 1.54) is 42.6 Å². The molecule has 3 aromatic rings. The zero-order valence-corrected chi connectivity index (χ0v) is 13.9. The van der Waals surface area contributed by atoms with Crippen LogP contribution >= 0.6 is 0 Å². The monoisotopic (exact) mass is 368 g/mol. The highest BCUT2D eigenvalue weighted by Crippen LogP contribution is 2.41. The van der Waals surface area contributed by atoms with Gasteiger partial charge in [0.05, 0.1) is 11.4 Å². The minimum atomic E-state index is -1.20. The normalized spacial score (nSPS) is 15.9. The minimum absolute atomic E-state index is 0.0424. The number of nitrogens with one attached hydrogen (secondary N) is 1. The van der Waals surface area contributed by atoms with Crippen molar-refractivity contribution < 1.29 is 23.5 Å². The van der Waals surface area contributed by atoms with Crippen molar-refractivity contribution in [3.8, 4) is 5.69 Å². The predicted molar refractivity (Wildman–Crippen MR) is 94.2 cm³/mol. The number of fused-ring (bicyclic) bond motifs is 1. The van der Waals surface area contributed by atoms with Gasteiger partial charge in [0.2, 0.25) is 5.91 Å². The van der Waals surface area contributed by atoms with E-state index in [1.807, 2.05) is 0 Å². The molecule has 27 heavy (non-hydrogen) atoms. The number of anilines is 1. The Labute approximate surface area is 152 Å². The van der Waals surface area contributed by atoms with Gasteiger partial charge in [0.1, 0.15) is 17.2 Å². The minimum Gasteiger partial charge on any atom is -0.478 e. The maximum absolute atomic E-state index is 13.8. The lowest BCUT2D eigenvalue weighted by Gasteiger charge is -2.26. The van der Waals surface area contributed by atoms with Gasteiger partial charge in [-0.15, -0.1) is 0 Å². The highest BCUT2D eigenvalue weighted by molar-refractivity contribution is 6.04. The molecule has 0 aliphatic carbocycles. The standard InChI is InChI=1S/C20H14F2N2O3/c21-12-4-6-14(7-5-12)24-10-16(20(26)27)18-19(24)15(9-17(25)23-18)11-2-1-3-13(22)8-11/h1-8,10,15H,9H2,(H,23,25)(H,26,27). The smallest absolute Gasteiger partial charge is 0.339 e. The summed E-state index contributed by atoms with van der Waals surface area (Å²) in [6, 6.07) is 11.4. The number of carboxylic acids is 1. The first-order valence-corrected chi connectivity index (χ1v) is 8.24. The van der Waals surface area contributed by atoms with Gasteiger partial charge in [-0.1, -0.05) is 12.1 Å². The van der Waals surface area contributed by atoms with Gasteiger partial charge in [-0.05, 0) is 42.0 Å². The van der Waals surface area contributed by atoms with Gasteiger partial charge < -0.3 is 15.0 Å². The molecule has 2 N–H and O–H groups in total. The summed E-state index contributed by atoms with van der Waals surface area (Å²) in [5, 5.41) is 12.2. The van der Waals surface area contributed by atoms with Crippen molar-refractivity contribution in [2.24, 2.45) is 0 Å². The Morgan fingerprint density at radius 2 is 1.85 bits per heavy atom. The van der Waals surface area contributed by atoms with Crippen molar-refractivity contribution in [1.82, 2.24) is 4.57 Å². The molecule has 2 aromatic carbocycles. The van der Waals surface area contributed by atoms with Crippen LogP contribution in [0.4, 0.5) is 14.5 Å². The summed E-state index contributed by atoms with van der Waals surface area (Å²) in [6.07, 6.45) is 1.43. The van der Waals surface area contributed by atoms with Crippen LogP contribution in [0.1, 0.15) is 34.0 Å². The molecule has 5 nitrogen and oxygen atoms in total. The third kappa shape index (κ3) is 2.97. The van der Waals surface area contributed by atoms with Crippen LogP contribution in [-0.4, -0.2) is 21.6 Å². The highest BCUT2D eigenvalue weighted by Gasteiger charge is 2.34. The van der Waals surface area contributed by atoms with Gasteiger partial charge in [-0.2, -0.15) is 0 Å². The van der Waals surface area contributed by atoms with Gasteiger partial charge in [-0.25, -0.2) is 13.6 Å². The summed E-state index contributed by atoms with van der Waals surface area (Å²) >= 11 is 0. The number of carboxylic acid groups (broad SMARTS) is 1. The van der Waals surface area contributed by atoms with E-state index in [9.17, 15) is 23.5 Å². The summed E-state index contributed by atoms with van der Waals surface area (Å²) in [6.45, 7) is 0. The Morgan fingerprint density at radius 1 is 1.11 bits per heavy atom. The van der Waals surface area contributed by atoms with Crippen molar-refractivity contribution in [2.45, 2.75) is 12.3 Å². The third-order valence-corrected chi connectivity index (χ3v) is 4.61. The molecule has 1 atom stereocenters. The van der Waals surface area contributed by atoms with E-state index in [1.54, 1.807) is 16.7 Å². The molecule has 0 saturated heterocycles. The van der Waals surface area contributed by atoms with Crippen LogP contribution in [-0.2, 0) is 4.79 Å². The Kier molecular flexibility index (Phi) is 3.99. The van der Waals surface area contributed by atoms with E-state index in [0.717, 1.165) is 0 Å². The summed E-state index contributed by atoms with van der Waals surface area (Å²) in [4.78, 5) is 23.9. The lowest BCUT2D eigenvalue weighted by atomic mass is 9.88.